The maximum atomic E-state index is 13.1. The summed E-state index contributed by atoms with van der Waals surface area (Å²) in [5.41, 5.74) is 7.58. The molecule has 0 aromatic heterocycles. The van der Waals surface area contributed by atoms with E-state index in [1.54, 1.807) is 13.2 Å². The second-order valence-corrected chi connectivity index (χ2v) is 5.47. The Labute approximate surface area is 123 Å². The zero-order valence-electron chi connectivity index (χ0n) is 11.5. The first-order valence-electron chi connectivity index (χ1n) is 6.30. The molecule has 0 saturated carbocycles. The maximum Gasteiger partial charge on any atom is 0.124 e. The molecule has 0 spiro atoms. The van der Waals surface area contributed by atoms with Gasteiger partial charge < -0.3 is 10.5 Å². The molecular weight excluding hydrogens is 277 g/mol. The summed E-state index contributed by atoms with van der Waals surface area (Å²) in [4.78, 5) is 0. The molecule has 2 nitrogen and oxygen atoms in total. The molecule has 0 amide bonds. The van der Waals surface area contributed by atoms with Crippen LogP contribution in [0, 0.1) is 5.82 Å². The van der Waals surface area contributed by atoms with Gasteiger partial charge in [-0.25, -0.2) is 4.39 Å². The summed E-state index contributed by atoms with van der Waals surface area (Å²) in [6.07, 6.45) is 0.526. The van der Waals surface area contributed by atoms with Gasteiger partial charge in [0.25, 0.3) is 0 Å². The molecule has 2 rings (SSSR count). The fourth-order valence-corrected chi connectivity index (χ4v) is 2.37. The molecule has 1 atom stereocenters. The monoisotopic (exact) mass is 293 g/mol. The number of benzene rings is 2. The van der Waals surface area contributed by atoms with Crippen molar-refractivity contribution >= 4 is 11.6 Å². The molecule has 0 radical (unpaired) electrons. The number of methoxy groups -OCH3 is 1. The fourth-order valence-electron chi connectivity index (χ4n) is 2.13. The molecule has 0 heterocycles. The van der Waals surface area contributed by atoms with Crippen molar-refractivity contribution in [2.75, 3.05) is 7.11 Å². The third kappa shape index (κ3) is 3.30. The fraction of sp³-hybridized carbons (Fsp3) is 0.250. The quantitative estimate of drug-likeness (QED) is 0.928. The van der Waals surface area contributed by atoms with E-state index < -0.39 is 5.54 Å². The molecule has 4 heteroatoms. The molecule has 0 aliphatic carbocycles. The first-order valence-corrected chi connectivity index (χ1v) is 6.67. The third-order valence-electron chi connectivity index (χ3n) is 3.32. The van der Waals surface area contributed by atoms with Crippen LogP contribution in [0.1, 0.15) is 18.1 Å². The lowest BCUT2D eigenvalue weighted by molar-refractivity contribution is 0.413. The number of nitrogens with two attached hydrogens (primary N) is 1. The Morgan fingerprint density at radius 2 is 1.85 bits per heavy atom. The summed E-state index contributed by atoms with van der Waals surface area (Å²) in [6.45, 7) is 1.93. The van der Waals surface area contributed by atoms with Crippen molar-refractivity contribution in [3.05, 3.63) is 64.4 Å². The summed E-state index contributed by atoms with van der Waals surface area (Å²) in [7, 11) is 1.62. The predicted molar refractivity (Wildman–Crippen MR) is 79.6 cm³/mol. The molecule has 0 saturated heterocycles. The minimum absolute atomic E-state index is 0.345. The lowest BCUT2D eigenvalue weighted by Crippen LogP contribution is -2.35. The van der Waals surface area contributed by atoms with Crippen LogP contribution < -0.4 is 10.5 Å². The molecule has 0 aliphatic heterocycles. The highest BCUT2D eigenvalue weighted by Gasteiger charge is 2.23. The SMILES string of the molecule is COc1ccc(C(C)(N)Cc2ccc(F)cc2Cl)cc1. The third-order valence-corrected chi connectivity index (χ3v) is 3.67. The molecule has 1 unspecified atom stereocenters. The van der Waals surface area contributed by atoms with E-state index in [4.69, 9.17) is 22.1 Å². The van der Waals surface area contributed by atoms with E-state index in [1.807, 2.05) is 31.2 Å². The minimum atomic E-state index is -0.590. The van der Waals surface area contributed by atoms with Crippen LogP contribution in [0.5, 0.6) is 5.75 Å². The summed E-state index contributed by atoms with van der Waals surface area (Å²) in [6, 6.07) is 12.0. The Hall–Kier alpha value is -1.58. The molecule has 20 heavy (non-hydrogen) atoms. The van der Waals surface area contributed by atoms with E-state index in [0.29, 0.717) is 11.4 Å². The van der Waals surface area contributed by atoms with Crippen LogP contribution in [0.3, 0.4) is 0 Å². The van der Waals surface area contributed by atoms with Crippen LogP contribution >= 0.6 is 11.6 Å². The van der Waals surface area contributed by atoms with E-state index in [1.165, 1.54) is 12.1 Å². The van der Waals surface area contributed by atoms with Crippen molar-refractivity contribution in [1.29, 1.82) is 0 Å². The molecule has 2 aromatic carbocycles. The van der Waals surface area contributed by atoms with Gasteiger partial charge in [-0.2, -0.15) is 0 Å². The highest BCUT2D eigenvalue weighted by Crippen LogP contribution is 2.28. The number of halogens is 2. The number of hydrogen-bond acceptors (Lipinski definition) is 2. The van der Waals surface area contributed by atoms with Gasteiger partial charge in [0.15, 0.2) is 0 Å². The molecule has 0 bridgehead atoms. The average molecular weight is 294 g/mol. The summed E-state index contributed by atoms with van der Waals surface area (Å²) < 4.78 is 18.2. The lowest BCUT2D eigenvalue weighted by atomic mass is 9.86. The zero-order chi connectivity index (χ0) is 14.8. The van der Waals surface area contributed by atoms with Crippen LogP contribution in [-0.2, 0) is 12.0 Å². The van der Waals surface area contributed by atoms with Gasteiger partial charge in [0, 0.05) is 10.6 Å². The average Bonchev–Trinajstić information content (AvgIpc) is 2.42. The smallest absolute Gasteiger partial charge is 0.124 e. The van der Waals surface area contributed by atoms with Crippen molar-refractivity contribution in [3.63, 3.8) is 0 Å². The van der Waals surface area contributed by atoms with Gasteiger partial charge in [-0.3, -0.25) is 0 Å². The molecule has 2 N–H and O–H groups in total. The van der Waals surface area contributed by atoms with Crippen LogP contribution in [0.2, 0.25) is 5.02 Å². The van der Waals surface area contributed by atoms with Crippen LogP contribution in [-0.4, -0.2) is 7.11 Å². The van der Waals surface area contributed by atoms with E-state index >= 15 is 0 Å². The summed E-state index contributed by atoms with van der Waals surface area (Å²) >= 11 is 6.06. The van der Waals surface area contributed by atoms with Crippen molar-refractivity contribution < 1.29 is 9.13 Å². The lowest BCUT2D eigenvalue weighted by Gasteiger charge is -2.26. The van der Waals surface area contributed by atoms with Crippen molar-refractivity contribution in [2.24, 2.45) is 5.73 Å². The topological polar surface area (TPSA) is 35.2 Å². The first-order chi connectivity index (χ1) is 9.42. The number of ether oxygens (including phenoxy) is 1. The molecule has 0 fully saturated rings. The van der Waals surface area contributed by atoms with Crippen LogP contribution in [0.25, 0.3) is 0 Å². The first kappa shape index (κ1) is 14.8. The Morgan fingerprint density at radius 3 is 2.40 bits per heavy atom. The Kier molecular flexibility index (Phi) is 4.31. The Morgan fingerprint density at radius 1 is 1.20 bits per heavy atom. The van der Waals surface area contributed by atoms with Gasteiger partial charge in [0.05, 0.1) is 7.11 Å². The highest BCUT2D eigenvalue weighted by molar-refractivity contribution is 6.31. The van der Waals surface area contributed by atoms with E-state index in [9.17, 15) is 4.39 Å². The second kappa shape index (κ2) is 5.81. The van der Waals surface area contributed by atoms with Gasteiger partial charge in [-0.15, -0.1) is 0 Å². The largest absolute Gasteiger partial charge is 0.497 e. The molecule has 2 aromatic rings. The molecule has 106 valence electrons. The second-order valence-electron chi connectivity index (χ2n) is 5.06. The maximum absolute atomic E-state index is 13.1. The highest BCUT2D eigenvalue weighted by atomic mass is 35.5. The molecule has 0 aliphatic rings. The zero-order valence-corrected chi connectivity index (χ0v) is 12.2. The van der Waals surface area contributed by atoms with Gasteiger partial charge in [-0.1, -0.05) is 29.8 Å². The predicted octanol–water partition coefficient (Wildman–Crippen LogP) is 3.90. The standard InChI is InChI=1S/C16H17ClFNO/c1-16(19,12-4-7-14(20-2)8-5-12)10-11-3-6-13(18)9-15(11)17/h3-9H,10,19H2,1-2H3. The van der Waals surface area contributed by atoms with E-state index in [0.717, 1.165) is 16.9 Å². The van der Waals surface area contributed by atoms with Crippen molar-refractivity contribution in [1.82, 2.24) is 0 Å². The van der Waals surface area contributed by atoms with Gasteiger partial charge in [0.2, 0.25) is 0 Å². The summed E-state index contributed by atoms with van der Waals surface area (Å²) in [5.74, 6) is 0.436. The van der Waals surface area contributed by atoms with Gasteiger partial charge in [0.1, 0.15) is 11.6 Å². The van der Waals surface area contributed by atoms with E-state index in [-0.39, 0.29) is 5.82 Å². The van der Waals surface area contributed by atoms with E-state index in [2.05, 4.69) is 0 Å². The van der Waals surface area contributed by atoms with Crippen LogP contribution in [0.15, 0.2) is 42.5 Å². The number of hydrogen-bond donors (Lipinski definition) is 1. The van der Waals surface area contributed by atoms with Gasteiger partial charge >= 0.3 is 0 Å². The Balaban J connectivity index is 2.25. The summed E-state index contributed by atoms with van der Waals surface area (Å²) in [5, 5.41) is 0.398. The molecular formula is C16H17ClFNO. The Bertz CT molecular complexity index is 596. The number of rotatable bonds is 4. The van der Waals surface area contributed by atoms with Gasteiger partial charge in [-0.05, 0) is 48.7 Å². The van der Waals surface area contributed by atoms with Crippen molar-refractivity contribution in [3.8, 4) is 5.75 Å². The van der Waals surface area contributed by atoms with Crippen LogP contribution in [0.4, 0.5) is 4.39 Å². The minimum Gasteiger partial charge on any atom is -0.497 e. The normalized spacial score (nSPS) is 13.8. The van der Waals surface area contributed by atoms with Crippen molar-refractivity contribution in [2.45, 2.75) is 18.9 Å².